The van der Waals surface area contributed by atoms with Crippen molar-refractivity contribution >= 4 is 11.7 Å². The van der Waals surface area contributed by atoms with Crippen molar-refractivity contribution in [3.05, 3.63) is 59.7 Å². The molecule has 2 aromatic rings. The van der Waals surface area contributed by atoms with Gasteiger partial charge in [0.1, 0.15) is 11.5 Å². The molecule has 0 saturated carbocycles. The van der Waals surface area contributed by atoms with Gasteiger partial charge in [0.15, 0.2) is 5.78 Å². The van der Waals surface area contributed by atoms with E-state index in [1.54, 1.807) is 31.4 Å². The van der Waals surface area contributed by atoms with Crippen LogP contribution in [0.25, 0.3) is 0 Å². The number of amides is 1. The lowest BCUT2D eigenvalue weighted by Gasteiger charge is -2.23. The largest absolute Gasteiger partial charge is 0.497 e. The van der Waals surface area contributed by atoms with Gasteiger partial charge in [-0.15, -0.1) is 0 Å². The van der Waals surface area contributed by atoms with Crippen LogP contribution in [0.15, 0.2) is 48.5 Å². The van der Waals surface area contributed by atoms with Crippen molar-refractivity contribution in [1.82, 2.24) is 5.32 Å². The highest BCUT2D eigenvalue weighted by Crippen LogP contribution is 2.24. The maximum absolute atomic E-state index is 12.4. The van der Waals surface area contributed by atoms with E-state index in [9.17, 15) is 9.59 Å². The van der Waals surface area contributed by atoms with E-state index < -0.39 is 0 Å². The number of methoxy groups -OCH3 is 1. The predicted molar refractivity (Wildman–Crippen MR) is 110 cm³/mol. The number of carbonyl (C=O) groups is 2. The number of rotatable bonds is 10. The number of hydrogen-bond acceptors (Lipinski definition) is 4. The molecule has 0 fully saturated rings. The Morgan fingerprint density at radius 2 is 1.54 bits per heavy atom. The minimum atomic E-state index is -0.131. The molecule has 0 aliphatic heterocycles. The Balaban J connectivity index is 1.92. The standard InChI is InChI=1S/C23H29NO4/c1-5-28-20-12-6-17(7-13-20)21(25)14-15-22(26)24-23(16(2)3)18-8-10-19(27-4)11-9-18/h6-13,16,23H,5,14-15H2,1-4H3,(H,24,26). The summed E-state index contributed by atoms with van der Waals surface area (Å²) in [7, 11) is 1.62. The number of ether oxygens (including phenoxy) is 2. The maximum Gasteiger partial charge on any atom is 0.220 e. The lowest BCUT2D eigenvalue weighted by atomic mass is 9.95. The fraction of sp³-hybridized carbons (Fsp3) is 0.391. The van der Waals surface area contributed by atoms with Crippen molar-refractivity contribution in [2.75, 3.05) is 13.7 Å². The van der Waals surface area contributed by atoms with Crippen LogP contribution in [0.1, 0.15) is 55.6 Å². The van der Waals surface area contributed by atoms with Gasteiger partial charge in [-0.05, 0) is 54.8 Å². The summed E-state index contributed by atoms with van der Waals surface area (Å²) in [6.07, 6.45) is 0.332. The summed E-state index contributed by atoms with van der Waals surface area (Å²) in [5.41, 5.74) is 1.61. The summed E-state index contributed by atoms with van der Waals surface area (Å²) in [5, 5.41) is 3.05. The molecule has 28 heavy (non-hydrogen) atoms. The molecule has 0 saturated heterocycles. The van der Waals surface area contributed by atoms with E-state index in [4.69, 9.17) is 9.47 Å². The highest BCUT2D eigenvalue weighted by Gasteiger charge is 2.19. The fourth-order valence-electron chi connectivity index (χ4n) is 2.97. The lowest BCUT2D eigenvalue weighted by Crippen LogP contribution is -2.31. The highest BCUT2D eigenvalue weighted by molar-refractivity contribution is 5.98. The van der Waals surface area contributed by atoms with E-state index in [1.165, 1.54) is 0 Å². The highest BCUT2D eigenvalue weighted by atomic mass is 16.5. The molecule has 1 unspecified atom stereocenters. The van der Waals surface area contributed by atoms with Crippen molar-refractivity contribution in [2.45, 2.75) is 39.7 Å². The Morgan fingerprint density at radius 3 is 2.07 bits per heavy atom. The summed E-state index contributed by atoms with van der Waals surface area (Å²) in [6, 6.07) is 14.6. The van der Waals surface area contributed by atoms with Gasteiger partial charge in [0.05, 0.1) is 19.8 Å². The first-order chi connectivity index (χ1) is 13.4. The van der Waals surface area contributed by atoms with Gasteiger partial charge < -0.3 is 14.8 Å². The van der Waals surface area contributed by atoms with Crippen molar-refractivity contribution in [2.24, 2.45) is 5.92 Å². The number of ketones is 1. The van der Waals surface area contributed by atoms with E-state index in [1.807, 2.05) is 31.2 Å². The molecule has 0 heterocycles. The summed E-state index contributed by atoms with van der Waals surface area (Å²) >= 11 is 0. The van der Waals surface area contributed by atoms with Crippen LogP contribution < -0.4 is 14.8 Å². The van der Waals surface area contributed by atoms with Gasteiger partial charge >= 0.3 is 0 Å². The molecule has 0 radical (unpaired) electrons. The molecule has 0 bridgehead atoms. The van der Waals surface area contributed by atoms with Gasteiger partial charge in [0.25, 0.3) is 0 Å². The van der Waals surface area contributed by atoms with E-state index >= 15 is 0 Å². The second-order valence-electron chi connectivity index (χ2n) is 6.94. The third-order valence-corrected chi connectivity index (χ3v) is 4.52. The molecule has 1 atom stereocenters. The van der Waals surface area contributed by atoms with Crippen LogP contribution in [0.3, 0.4) is 0 Å². The molecule has 5 heteroatoms. The Morgan fingerprint density at radius 1 is 0.929 bits per heavy atom. The molecule has 150 valence electrons. The first-order valence-electron chi connectivity index (χ1n) is 9.64. The third-order valence-electron chi connectivity index (χ3n) is 4.52. The monoisotopic (exact) mass is 383 g/mol. The van der Waals surface area contributed by atoms with E-state index in [2.05, 4.69) is 19.2 Å². The molecule has 2 rings (SSSR count). The zero-order chi connectivity index (χ0) is 20.5. The number of benzene rings is 2. The average molecular weight is 383 g/mol. The molecule has 0 aliphatic rings. The molecule has 2 aromatic carbocycles. The van der Waals surface area contributed by atoms with Gasteiger partial charge in [-0.2, -0.15) is 0 Å². The minimum Gasteiger partial charge on any atom is -0.497 e. The zero-order valence-corrected chi connectivity index (χ0v) is 17.0. The first kappa shape index (κ1) is 21.5. The van der Waals surface area contributed by atoms with Crippen LogP contribution in [0, 0.1) is 5.92 Å². The molecule has 0 spiro atoms. The Labute approximate surface area is 167 Å². The normalized spacial score (nSPS) is 11.8. The van der Waals surface area contributed by atoms with Crippen molar-refractivity contribution in [3.8, 4) is 11.5 Å². The molecule has 0 aromatic heterocycles. The van der Waals surface area contributed by atoms with Crippen LogP contribution in [0.5, 0.6) is 11.5 Å². The average Bonchev–Trinajstić information content (AvgIpc) is 2.71. The molecular weight excluding hydrogens is 354 g/mol. The third kappa shape index (κ3) is 6.12. The van der Waals surface area contributed by atoms with Crippen LogP contribution in [0.2, 0.25) is 0 Å². The summed E-state index contributed by atoms with van der Waals surface area (Å²) in [4.78, 5) is 24.8. The quantitative estimate of drug-likeness (QED) is 0.611. The SMILES string of the molecule is CCOc1ccc(C(=O)CCC(=O)NC(c2ccc(OC)cc2)C(C)C)cc1. The van der Waals surface area contributed by atoms with Crippen LogP contribution >= 0.6 is 0 Å². The summed E-state index contributed by atoms with van der Waals surface area (Å²) < 4.78 is 10.6. The van der Waals surface area contributed by atoms with Gasteiger partial charge in [-0.3, -0.25) is 9.59 Å². The second kappa shape index (κ2) is 10.5. The van der Waals surface area contributed by atoms with Gasteiger partial charge in [-0.1, -0.05) is 26.0 Å². The fourth-order valence-corrected chi connectivity index (χ4v) is 2.97. The number of nitrogens with one attached hydrogen (secondary N) is 1. The molecule has 5 nitrogen and oxygen atoms in total. The van der Waals surface area contributed by atoms with E-state index in [-0.39, 0.29) is 36.5 Å². The number of Topliss-reactive ketones (excluding diaryl/α,β-unsaturated/α-hetero) is 1. The van der Waals surface area contributed by atoms with E-state index in [0.717, 1.165) is 17.1 Å². The topological polar surface area (TPSA) is 64.6 Å². The van der Waals surface area contributed by atoms with Crippen LogP contribution in [-0.4, -0.2) is 25.4 Å². The maximum atomic E-state index is 12.4. The Bertz CT molecular complexity index is 766. The Hall–Kier alpha value is -2.82. The minimum absolute atomic E-state index is 0.0521. The van der Waals surface area contributed by atoms with Crippen molar-refractivity contribution < 1.29 is 19.1 Å². The zero-order valence-electron chi connectivity index (χ0n) is 17.0. The molecule has 0 aliphatic carbocycles. The number of hydrogen-bond donors (Lipinski definition) is 1. The molecule has 1 N–H and O–H groups in total. The molecular formula is C23H29NO4. The van der Waals surface area contributed by atoms with Crippen LogP contribution in [0.4, 0.5) is 0 Å². The van der Waals surface area contributed by atoms with Crippen molar-refractivity contribution in [3.63, 3.8) is 0 Å². The predicted octanol–water partition coefficient (Wildman–Crippen LogP) is 4.57. The van der Waals surface area contributed by atoms with E-state index in [0.29, 0.717) is 12.2 Å². The molecule has 1 amide bonds. The van der Waals surface area contributed by atoms with Crippen LogP contribution in [-0.2, 0) is 4.79 Å². The summed E-state index contributed by atoms with van der Waals surface area (Å²) in [5.74, 6) is 1.55. The second-order valence-corrected chi connectivity index (χ2v) is 6.94. The van der Waals surface area contributed by atoms with Gasteiger partial charge in [0, 0.05) is 18.4 Å². The summed E-state index contributed by atoms with van der Waals surface area (Å²) in [6.45, 7) is 6.60. The lowest BCUT2D eigenvalue weighted by molar-refractivity contribution is -0.122. The van der Waals surface area contributed by atoms with Gasteiger partial charge in [-0.25, -0.2) is 0 Å². The number of carbonyl (C=O) groups excluding carboxylic acids is 2. The smallest absolute Gasteiger partial charge is 0.220 e. The Kier molecular flexibility index (Phi) is 8.05. The van der Waals surface area contributed by atoms with Crippen molar-refractivity contribution in [1.29, 1.82) is 0 Å². The first-order valence-corrected chi connectivity index (χ1v) is 9.64. The van der Waals surface area contributed by atoms with Gasteiger partial charge in [0.2, 0.25) is 5.91 Å².